The number of urea groups is 1. The van der Waals surface area contributed by atoms with Gasteiger partial charge in [0, 0.05) is 24.8 Å². The Bertz CT molecular complexity index is 493. The third kappa shape index (κ3) is 4.56. The van der Waals surface area contributed by atoms with Crippen molar-refractivity contribution in [1.29, 1.82) is 5.26 Å². The lowest BCUT2D eigenvalue weighted by atomic mass is 10.1. The van der Waals surface area contributed by atoms with E-state index in [4.69, 9.17) is 11.0 Å². The van der Waals surface area contributed by atoms with Crippen LogP contribution in [0.25, 0.3) is 0 Å². The molecule has 108 valence electrons. The predicted molar refractivity (Wildman–Crippen MR) is 80.1 cm³/mol. The standard InChI is InChI=1S/C15H22N4O/c1-4-19(10-11(2)9-16)15(20)18-14-7-5-6-13(8-14)12(3)17/h5-8,11-12H,4,10,17H2,1-3H3,(H,18,20). The van der Waals surface area contributed by atoms with Gasteiger partial charge in [0.1, 0.15) is 0 Å². The van der Waals surface area contributed by atoms with Gasteiger partial charge in [-0.15, -0.1) is 0 Å². The number of hydrogen-bond acceptors (Lipinski definition) is 3. The number of benzene rings is 1. The molecule has 1 aromatic rings. The summed E-state index contributed by atoms with van der Waals surface area (Å²) in [6, 6.07) is 9.34. The monoisotopic (exact) mass is 274 g/mol. The first-order chi connectivity index (χ1) is 9.47. The van der Waals surface area contributed by atoms with Crippen LogP contribution in [0.1, 0.15) is 32.4 Å². The van der Waals surface area contributed by atoms with Gasteiger partial charge in [-0.2, -0.15) is 5.26 Å². The summed E-state index contributed by atoms with van der Waals surface area (Å²) in [5.41, 5.74) is 7.51. The van der Waals surface area contributed by atoms with Gasteiger partial charge in [-0.05, 0) is 38.5 Å². The van der Waals surface area contributed by atoms with Crippen LogP contribution in [0.4, 0.5) is 10.5 Å². The Kier molecular flexibility index (Phi) is 6.01. The molecule has 0 spiro atoms. The lowest BCUT2D eigenvalue weighted by Crippen LogP contribution is -2.37. The molecule has 0 bridgehead atoms. The van der Waals surface area contributed by atoms with Crippen molar-refractivity contribution in [2.75, 3.05) is 18.4 Å². The van der Waals surface area contributed by atoms with Crippen molar-refractivity contribution in [3.63, 3.8) is 0 Å². The molecular formula is C15H22N4O. The number of anilines is 1. The molecule has 2 unspecified atom stereocenters. The summed E-state index contributed by atoms with van der Waals surface area (Å²) in [5.74, 6) is -0.184. The van der Waals surface area contributed by atoms with Crippen molar-refractivity contribution in [2.24, 2.45) is 11.7 Å². The van der Waals surface area contributed by atoms with Crippen LogP contribution < -0.4 is 11.1 Å². The second-order valence-electron chi connectivity index (χ2n) is 4.91. The van der Waals surface area contributed by atoms with Crippen molar-refractivity contribution in [1.82, 2.24) is 4.90 Å². The average molecular weight is 274 g/mol. The zero-order valence-electron chi connectivity index (χ0n) is 12.3. The molecule has 0 aliphatic rings. The molecule has 0 saturated carbocycles. The molecule has 0 radical (unpaired) electrons. The SMILES string of the molecule is CCN(CC(C)C#N)C(=O)Nc1cccc(C(C)N)c1. The van der Waals surface area contributed by atoms with Crippen molar-refractivity contribution in [2.45, 2.75) is 26.8 Å². The van der Waals surface area contributed by atoms with E-state index >= 15 is 0 Å². The molecule has 2 atom stereocenters. The number of nitrogens with zero attached hydrogens (tertiary/aromatic N) is 2. The number of nitrogens with two attached hydrogens (primary N) is 1. The summed E-state index contributed by atoms with van der Waals surface area (Å²) >= 11 is 0. The lowest BCUT2D eigenvalue weighted by molar-refractivity contribution is 0.210. The Labute approximate surface area is 120 Å². The Morgan fingerprint density at radius 2 is 2.20 bits per heavy atom. The summed E-state index contributed by atoms with van der Waals surface area (Å²) in [6.07, 6.45) is 0. The Balaban J connectivity index is 2.73. The van der Waals surface area contributed by atoms with Crippen LogP contribution in [-0.4, -0.2) is 24.0 Å². The zero-order valence-corrected chi connectivity index (χ0v) is 12.3. The van der Waals surface area contributed by atoms with Crippen molar-refractivity contribution in [3.8, 4) is 6.07 Å². The minimum atomic E-state index is -0.198. The van der Waals surface area contributed by atoms with Crippen LogP contribution in [0.3, 0.4) is 0 Å². The van der Waals surface area contributed by atoms with Crippen molar-refractivity contribution in [3.05, 3.63) is 29.8 Å². The minimum Gasteiger partial charge on any atom is -0.324 e. The quantitative estimate of drug-likeness (QED) is 0.866. The molecule has 0 heterocycles. The summed E-state index contributed by atoms with van der Waals surface area (Å²) in [5, 5.41) is 11.7. The highest BCUT2D eigenvalue weighted by atomic mass is 16.2. The maximum Gasteiger partial charge on any atom is 0.321 e. The Morgan fingerprint density at radius 1 is 1.50 bits per heavy atom. The first-order valence-corrected chi connectivity index (χ1v) is 6.79. The largest absolute Gasteiger partial charge is 0.324 e. The second-order valence-corrected chi connectivity index (χ2v) is 4.91. The van der Waals surface area contributed by atoms with Crippen LogP contribution in [0, 0.1) is 17.2 Å². The zero-order chi connectivity index (χ0) is 15.1. The molecule has 0 fully saturated rings. The molecule has 0 aliphatic carbocycles. The Hall–Kier alpha value is -2.06. The number of nitriles is 1. The van der Waals surface area contributed by atoms with E-state index in [1.54, 1.807) is 11.8 Å². The minimum absolute atomic E-state index is 0.0762. The Morgan fingerprint density at radius 3 is 2.75 bits per heavy atom. The first kappa shape index (κ1) is 16.0. The van der Waals surface area contributed by atoms with E-state index < -0.39 is 0 Å². The maximum atomic E-state index is 12.2. The normalized spacial score (nSPS) is 13.2. The van der Waals surface area contributed by atoms with Gasteiger partial charge in [-0.3, -0.25) is 0 Å². The fraction of sp³-hybridized carbons (Fsp3) is 0.467. The number of amides is 2. The third-order valence-corrected chi connectivity index (χ3v) is 3.05. The summed E-state index contributed by atoms with van der Waals surface area (Å²) in [7, 11) is 0. The van der Waals surface area contributed by atoms with Gasteiger partial charge < -0.3 is 16.0 Å². The smallest absolute Gasteiger partial charge is 0.321 e. The number of rotatable bonds is 5. The van der Waals surface area contributed by atoms with E-state index in [1.165, 1.54) is 0 Å². The van der Waals surface area contributed by atoms with E-state index in [2.05, 4.69) is 11.4 Å². The predicted octanol–water partition coefficient (Wildman–Crippen LogP) is 2.72. The van der Waals surface area contributed by atoms with Crippen LogP contribution in [0.5, 0.6) is 0 Å². The molecule has 5 nitrogen and oxygen atoms in total. The van der Waals surface area contributed by atoms with Gasteiger partial charge in [0.05, 0.1) is 12.0 Å². The highest BCUT2D eigenvalue weighted by molar-refractivity contribution is 5.89. The number of carbonyl (C=O) groups is 1. The molecule has 1 aromatic carbocycles. The van der Waals surface area contributed by atoms with E-state index in [1.807, 2.05) is 38.1 Å². The first-order valence-electron chi connectivity index (χ1n) is 6.79. The van der Waals surface area contributed by atoms with Crippen LogP contribution in [0.2, 0.25) is 0 Å². The van der Waals surface area contributed by atoms with E-state index in [0.29, 0.717) is 18.8 Å². The molecule has 0 aliphatic heterocycles. The molecule has 3 N–H and O–H groups in total. The van der Waals surface area contributed by atoms with Gasteiger partial charge in [0.2, 0.25) is 0 Å². The van der Waals surface area contributed by atoms with Crippen LogP contribution in [0.15, 0.2) is 24.3 Å². The summed E-state index contributed by atoms with van der Waals surface area (Å²) < 4.78 is 0. The maximum absolute atomic E-state index is 12.2. The third-order valence-electron chi connectivity index (χ3n) is 3.05. The molecule has 2 amide bonds. The highest BCUT2D eigenvalue weighted by Crippen LogP contribution is 2.16. The van der Waals surface area contributed by atoms with Crippen LogP contribution in [-0.2, 0) is 0 Å². The topological polar surface area (TPSA) is 82.2 Å². The van der Waals surface area contributed by atoms with E-state index in [-0.39, 0.29) is 18.0 Å². The van der Waals surface area contributed by atoms with Gasteiger partial charge in [-0.1, -0.05) is 12.1 Å². The van der Waals surface area contributed by atoms with Gasteiger partial charge in [-0.25, -0.2) is 4.79 Å². The fourth-order valence-electron chi connectivity index (χ4n) is 1.83. The fourth-order valence-corrected chi connectivity index (χ4v) is 1.83. The van der Waals surface area contributed by atoms with Crippen molar-refractivity contribution < 1.29 is 4.79 Å². The molecule has 5 heteroatoms. The lowest BCUT2D eigenvalue weighted by Gasteiger charge is -2.22. The number of hydrogen-bond donors (Lipinski definition) is 2. The highest BCUT2D eigenvalue weighted by Gasteiger charge is 2.15. The second kappa shape index (κ2) is 7.51. The molecule has 0 saturated heterocycles. The number of nitrogens with one attached hydrogen (secondary N) is 1. The van der Waals surface area contributed by atoms with E-state index in [9.17, 15) is 4.79 Å². The number of carbonyl (C=O) groups excluding carboxylic acids is 1. The molecule has 0 aromatic heterocycles. The van der Waals surface area contributed by atoms with Gasteiger partial charge in [0.25, 0.3) is 0 Å². The molecular weight excluding hydrogens is 252 g/mol. The summed E-state index contributed by atoms with van der Waals surface area (Å²) in [6.45, 7) is 6.57. The van der Waals surface area contributed by atoms with Crippen molar-refractivity contribution >= 4 is 11.7 Å². The summed E-state index contributed by atoms with van der Waals surface area (Å²) in [4.78, 5) is 13.8. The molecule has 20 heavy (non-hydrogen) atoms. The molecule has 1 rings (SSSR count). The van der Waals surface area contributed by atoms with E-state index in [0.717, 1.165) is 5.56 Å². The van der Waals surface area contributed by atoms with Gasteiger partial charge in [0.15, 0.2) is 0 Å². The average Bonchev–Trinajstić information content (AvgIpc) is 2.44. The van der Waals surface area contributed by atoms with Crippen LogP contribution >= 0.6 is 0 Å². The van der Waals surface area contributed by atoms with Gasteiger partial charge >= 0.3 is 6.03 Å².